The minimum absolute atomic E-state index is 0.0560. The highest BCUT2D eigenvalue weighted by Gasteiger charge is 2.17. The van der Waals surface area contributed by atoms with E-state index in [9.17, 15) is 0 Å². The molecule has 104 valence electrons. The molecule has 0 unspecified atom stereocenters. The third kappa shape index (κ3) is 2.60. The van der Waals surface area contributed by atoms with Gasteiger partial charge in [-0.3, -0.25) is 0 Å². The lowest BCUT2D eigenvalue weighted by Crippen LogP contribution is -2.30. The molecule has 0 radical (unpaired) electrons. The topological polar surface area (TPSA) is 29.3 Å². The molecule has 2 nitrogen and oxygen atoms in total. The van der Waals surface area contributed by atoms with Crippen LogP contribution in [0, 0.1) is 0 Å². The summed E-state index contributed by atoms with van der Waals surface area (Å²) in [6, 6.07) is 15.3. The summed E-state index contributed by atoms with van der Waals surface area (Å²) >= 11 is 3.64. The SMILES string of the molecule is C[C@H](N)c1ccc(N2CCc3ccccc3C2)cc1Br. The van der Waals surface area contributed by atoms with Gasteiger partial charge < -0.3 is 10.6 Å². The first-order chi connectivity index (χ1) is 9.65. The van der Waals surface area contributed by atoms with Crippen molar-refractivity contribution >= 4 is 21.6 Å². The van der Waals surface area contributed by atoms with Crippen LogP contribution >= 0.6 is 15.9 Å². The molecule has 0 aromatic heterocycles. The summed E-state index contributed by atoms with van der Waals surface area (Å²) in [5.74, 6) is 0. The maximum absolute atomic E-state index is 5.96. The first-order valence-electron chi connectivity index (χ1n) is 7.02. The fourth-order valence-electron chi connectivity index (χ4n) is 2.80. The van der Waals surface area contributed by atoms with Crippen LogP contribution < -0.4 is 10.6 Å². The number of fused-ring (bicyclic) bond motifs is 1. The number of halogens is 1. The van der Waals surface area contributed by atoms with Crippen molar-refractivity contribution in [3.8, 4) is 0 Å². The van der Waals surface area contributed by atoms with Crippen molar-refractivity contribution in [1.29, 1.82) is 0 Å². The summed E-state index contributed by atoms with van der Waals surface area (Å²) in [5, 5.41) is 0. The zero-order chi connectivity index (χ0) is 14.1. The summed E-state index contributed by atoms with van der Waals surface area (Å²) in [4.78, 5) is 2.43. The molecule has 1 aliphatic rings. The van der Waals surface area contributed by atoms with Crippen molar-refractivity contribution < 1.29 is 0 Å². The standard InChI is InChI=1S/C17H19BrN2/c1-12(19)16-7-6-15(10-17(16)18)20-9-8-13-4-2-3-5-14(13)11-20/h2-7,10,12H,8-9,11,19H2,1H3/t12-/m0/s1. The number of hydrogen-bond donors (Lipinski definition) is 1. The van der Waals surface area contributed by atoms with Crippen LogP contribution in [0.15, 0.2) is 46.9 Å². The predicted octanol–water partition coefficient (Wildman–Crippen LogP) is 4.03. The Balaban J connectivity index is 1.86. The average Bonchev–Trinajstić information content (AvgIpc) is 2.46. The van der Waals surface area contributed by atoms with Crippen molar-refractivity contribution in [1.82, 2.24) is 0 Å². The Kier molecular flexibility index (Phi) is 3.81. The molecule has 1 heterocycles. The molecule has 2 aromatic rings. The third-order valence-electron chi connectivity index (χ3n) is 3.97. The van der Waals surface area contributed by atoms with Gasteiger partial charge in [-0.05, 0) is 42.2 Å². The van der Waals surface area contributed by atoms with Gasteiger partial charge in [0.15, 0.2) is 0 Å². The monoisotopic (exact) mass is 330 g/mol. The first-order valence-corrected chi connectivity index (χ1v) is 7.81. The summed E-state index contributed by atoms with van der Waals surface area (Å²) in [6.07, 6.45) is 1.11. The highest BCUT2D eigenvalue weighted by Crippen LogP contribution is 2.30. The van der Waals surface area contributed by atoms with Crippen LogP contribution in [-0.2, 0) is 13.0 Å². The molecular weight excluding hydrogens is 312 g/mol. The molecule has 20 heavy (non-hydrogen) atoms. The number of rotatable bonds is 2. The minimum atomic E-state index is 0.0560. The molecule has 0 saturated heterocycles. The largest absolute Gasteiger partial charge is 0.367 e. The van der Waals surface area contributed by atoms with Gasteiger partial charge in [-0.2, -0.15) is 0 Å². The Morgan fingerprint density at radius 2 is 1.90 bits per heavy atom. The van der Waals surface area contributed by atoms with E-state index in [0.717, 1.165) is 29.5 Å². The fourth-order valence-corrected chi connectivity index (χ4v) is 3.53. The Bertz CT molecular complexity index is 622. The van der Waals surface area contributed by atoms with Crippen molar-refractivity contribution in [3.05, 3.63) is 63.6 Å². The van der Waals surface area contributed by atoms with E-state index in [1.807, 2.05) is 6.92 Å². The molecule has 3 rings (SSSR count). The summed E-state index contributed by atoms with van der Waals surface area (Å²) in [7, 11) is 0. The number of benzene rings is 2. The van der Waals surface area contributed by atoms with Gasteiger partial charge in [0.2, 0.25) is 0 Å². The van der Waals surface area contributed by atoms with Gasteiger partial charge in [-0.25, -0.2) is 0 Å². The second kappa shape index (κ2) is 5.58. The van der Waals surface area contributed by atoms with Crippen molar-refractivity contribution in [2.45, 2.75) is 25.9 Å². The van der Waals surface area contributed by atoms with E-state index in [-0.39, 0.29) is 6.04 Å². The Morgan fingerprint density at radius 3 is 2.60 bits per heavy atom. The molecule has 3 heteroatoms. The molecular formula is C17H19BrN2. The Hall–Kier alpha value is -1.32. The maximum atomic E-state index is 5.96. The molecule has 0 saturated carbocycles. The highest BCUT2D eigenvalue weighted by molar-refractivity contribution is 9.10. The average molecular weight is 331 g/mol. The lowest BCUT2D eigenvalue weighted by atomic mass is 9.99. The van der Waals surface area contributed by atoms with Crippen LogP contribution in [0.1, 0.15) is 29.7 Å². The van der Waals surface area contributed by atoms with Crippen molar-refractivity contribution in [3.63, 3.8) is 0 Å². The second-order valence-electron chi connectivity index (χ2n) is 5.43. The van der Waals surface area contributed by atoms with Crippen LogP contribution in [0.5, 0.6) is 0 Å². The summed E-state index contributed by atoms with van der Waals surface area (Å²) < 4.78 is 1.10. The lowest BCUT2D eigenvalue weighted by Gasteiger charge is -2.31. The van der Waals surface area contributed by atoms with E-state index >= 15 is 0 Å². The van der Waals surface area contributed by atoms with Crippen molar-refractivity contribution in [2.75, 3.05) is 11.4 Å². The van der Waals surface area contributed by atoms with Gasteiger partial charge in [-0.15, -0.1) is 0 Å². The maximum Gasteiger partial charge on any atom is 0.0432 e. The third-order valence-corrected chi connectivity index (χ3v) is 4.66. The van der Waals surface area contributed by atoms with E-state index < -0.39 is 0 Å². The number of hydrogen-bond acceptors (Lipinski definition) is 2. The fraction of sp³-hybridized carbons (Fsp3) is 0.294. The van der Waals surface area contributed by atoms with Gasteiger partial charge in [0.25, 0.3) is 0 Å². The van der Waals surface area contributed by atoms with Gasteiger partial charge in [0.1, 0.15) is 0 Å². The van der Waals surface area contributed by atoms with E-state index in [2.05, 4.69) is 63.3 Å². The van der Waals surface area contributed by atoms with E-state index in [4.69, 9.17) is 5.73 Å². The number of anilines is 1. The summed E-state index contributed by atoms with van der Waals surface area (Å²) in [6.45, 7) is 4.07. The summed E-state index contributed by atoms with van der Waals surface area (Å²) in [5.41, 5.74) is 11.3. The molecule has 0 bridgehead atoms. The molecule has 2 N–H and O–H groups in total. The van der Waals surface area contributed by atoms with Gasteiger partial charge >= 0.3 is 0 Å². The van der Waals surface area contributed by atoms with E-state index in [1.54, 1.807) is 0 Å². The van der Waals surface area contributed by atoms with Gasteiger partial charge in [0.05, 0.1) is 0 Å². The van der Waals surface area contributed by atoms with Crippen LogP contribution in [0.4, 0.5) is 5.69 Å². The van der Waals surface area contributed by atoms with E-state index in [0.29, 0.717) is 0 Å². The van der Waals surface area contributed by atoms with Crippen LogP contribution in [0.3, 0.4) is 0 Å². The van der Waals surface area contributed by atoms with Gasteiger partial charge in [0, 0.05) is 29.3 Å². The zero-order valence-electron chi connectivity index (χ0n) is 11.6. The lowest BCUT2D eigenvalue weighted by molar-refractivity contribution is 0.730. The second-order valence-corrected chi connectivity index (χ2v) is 6.29. The van der Waals surface area contributed by atoms with Gasteiger partial charge in [-0.1, -0.05) is 46.3 Å². The predicted molar refractivity (Wildman–Crippen MR) is 87.9 cm³/mol. The molecule has 0 aliphatic carbocycles. The van der Waals surface area contributed by atoms with Crippen LogP contribution in [0.25, 0.3) is 0 Å². The first kappa shape index (κ1) is 13.7. The Morgan fingerprint density at radius 1 is 1.15 bits per heavy atom. The van der Waals surface area contributed by atoms with Crippen LogP contribution in [-0.4, -0.2) is 6.54 Å². The molecule has 2 aromatic carbocycles. The molecule has 0 amide bonds. The number of nitrogens with zero attached hydrogens (tertiary/aromatic N) is 1. The molecule has 1 aliphatic heterocycles. The van der Waals surface area contributed by atoms with E-state index in [1.165, 1.54) is 16.8 Å². The van der Waals surface area contributed by atoms with Crippen molar-refractivity contribution in [2.24, 2.45) is 5.73 Å². The molecule has 1 atom stereocenters. The smallest absolute Gasteiger partial charge is 0.0432 e. The minimum Gasteiger partial charge on any atom is -0.367 e. The molecule has 0 fully saturated rings. The van der Waals surface area contributed by atoms with Crippen LogP contribution in [0.2, 0.25) is 0 Å². The highest BCUT2D eigenvalue weighted by atomic mass is 79.9. The Labute approximate surface area is 128 Å². The molecule has 0 spiro atoms. The number of nitrogens with two attached hydrogens (primary N) is 1. The quantitative estimate of drug-likeness (QED) is 0.900. The zero-order valence-corrected chi connectivity index (χ0v) is 13.2. The normalized spacial score (nSPS) is 15.8.